The third kappa shape index (κ3) is 1.60. The van der Waals surface area contributed by atoms with Crippen molar-refractivity contribution in [2.45, 2.75) is 13.0 Å². The van der Waals surface area contributed by atoms with Gasteiger partial charge in [0.15, 0.2) is 12.7 Å². The van der Waals surface area contributed by atoms with Crippen LogP contribution in [0.1, 0.15) is 15.9 Å². The van der Waals surface area contributed by atoms with Gasteiger partial charge in [0.05, 0.1) is 0 Å². The highest BCUT2D eigenvalue weighted by Crippen LogP contribution is 2.24. The van der Waals surface area contributed by atoms with Gasteiger partial charge >= 0.3 is 5.97 Å². The average Bonchev–Trinajstić information content (AvgIpc) is 2.38. The maximum absolute atomic E-state index is 10.9. The molecule has 0 spiro atoms. The van der Waals surface area contributed by atoms with Crippen LogP contribution in [0.15, 0.2) is 42.6 Å². The molecular weight excluding hydrogens is 214 g/mol. The number of aromatic carboxylic acids is 1. The maximum Gasteiger partial charge on any atom is 0.341 e. The summed E-state index contributed by atoms with van der Waals surface area (Å²) < 4.78 is 2.02. The summed E-state index contributed by atoms with van der Waals surface area (Å²) in [6.45, 7) is 0.841. The molecule has 0 atom stereocenters. The van der Waals surface area contributed by atoms with Gasteiger partial charge in [0.2, 0.25) is 5.69 Å². The number of aromatic nitrogens is 1. The van der Waals surface area contributed by atoms with E-state index in [1.165, 1.54) is 11.1 Å². The van der Waals surface area contributed by atoms with Crippen LogP contribution in [-0.2, 0) is 13.0 Å². The lowest BCUT2D eigenvalue weighted by atomic mass is 9.97. The molecule has 1 aliphatic rings. The van der Waals surface area contributed by atoms with Gasteiger partial charge in [-0.1, -0.05) is 18.2 Å². The molecule has 3 rings (SSSR count). The zero-order chi connectivity index (χ0) is 11.8. The lowest BCUT2D eigenvalue weighted by molar-refractivity contribution is -0.687. The first kappa shape index (κ1) is 10.0. The molecule has 0 amide bonds. The molecule has 3 heteroatoms. The minimum atomic E-state index is -0.876. The van der Waals surface area contributed by atoms with Gasteiger partial charge in [-0.15, -0.1) is 0 Å². The molecule has 0 saturated carbocycles. The van der Waals surface area contributed by atoms with Crippen molar-refractivity contribution in [2.24, 2.45) is 0 Å². The fraction of sp³-hybridized carbons (Fsp3) is 0.143. The van der Waals surface area contributed by atoms with Gasteiger partial charge in [-0.3, -0.25) is 0 Å². The predicted molar refractivity (Wildman–Crippen MR) is 62.7 cm³/mol. The summed E-state index contributed by atoms with van der Waals surface area (Å²) >= 11 is 0. The Balaban J connectivity index is 2.18. The smallest absolute Gasteiger partial charge is 0.341 e. The summed E-state index contributed by atoms with van der Waals surface area (Å²) in [7, 11) is 0. The molecule has 17 heavy (non-hydrogen) atoms. The van der Waals surface area contributed by atoms with Crippen LogP contribution in [0.5, 0.6) is 0 Å². The number of nitrogens with zero attached hydrogens (tertiary/aromatic N) is 1. The normalized spacial score (nSPS) is 12.7. The SMILES string of the molecule is O=C(O)c1ccc2[n+](c1)CCc1ccccc1-2. The third-order valence-electron chi connectivity index (χ3n) is 3.19. The molecule has 0 bridgehead atoms. The average molecular weight is 226 g/mol. The van der Waals surface area contributed by atoms with E-state index in [1.54, 1.807) is 12.3 Å². The van der Waals surface area contributed by atoms with Gasteiger partial charge in [0.1, 0.15) is 5.56 Å². The lowest BCUT2D eigenvalue weighted by Gasteiger charge is -2.14. The standard InChI is InChI=1S/C14H11NO2/c16-14(17)11-5-6-13-12-4-2-1-3-10(12)7-8-15(13)9-11/h1-6,9H,7-8H2/p+1. The van der Waals surface area contributed by atoms with E-state index in [0.717, 1.165) is 18.7 Å². The Morgan fingerprint density at radius 3 is 2.82 bits per heavy atom. The number of pyridine rings is 1. The molecule has 0 saturated heterocycles. The van der Waals surface area contributed by atoms with Crippen molar-refractivity contribution >= 4 is 5.97 Å². The van der Waals surface area contributed by atoms with E-state index in [2.05, 4.69) is 12.1 Å². The molecule has 1 N–H and O–H groups in total. The number of carboxylic acid groups (broad SMARTS) is 1. The van der Waals surface area contributed by atoms with Crippen molar-refractivity contribution in [2.75, 3.05) is 0 Å². The van der Waals surface area contributed by atoms with Gasteiger partial charge in [0.25, 0.3) is 0 Å². The second kappa shape index (κ2) is 3.70. The van der Waals surface area contributed by atoms with Crippen molar-refractivity contribution in [3.8, 4) is 11.3 Å². The summed E-state index contributed by atoms with van der Waals surface area (Å²) in [4.78, 5) is 10.9. The van der Waals surface area contributed by atoms with E-state index < -0.39 is 5.97 Å². The van der Waals surface area contributed by atoms with E-state index in [1.807, 2.05) is 22.8 Å². The highest BCUT2D eigenvalue weighted by molar-refractivity contribution is 5.87. The Kier molecular flexibility index (Phi) is 2.18. The van der Waals surface area contributed by atoms with E-state index in [-0.39, 0.29) is 0 Å². The molecule has 0 aliphatic carbocycles. The molecule has 1 aliphatic heterocycles. The van der Waals surface area contributed by atoms with Crippen molar-refractivity contribution in [1.82, 2.24) is 0 Å². The van der Waals surface area contributed by atoms with Crippen LogP contribution >= 0.6 is 0 Å². The fourth-order valence-corrected chi connectivity index (χ4v) is 2.33. The topological polar surface area (TPSA) is 41.2 Å². The van der Waals surface area contributed by atoms with Gasteiger partial charge in [-0.05, 0) is 17.7 Å². The second-order valence-corrected chi connectivity index (χ2v) is 4.21. The van der Waals surface area contributed by atoms with Crippen molar-refractivity contribution in [3.05, 3.63) is 53.7 Å². The first-order valence-electron chi connectivity index (χ1n) is 5.61. The predicted octanol–water partition coefficient (Wildman–Crippen LogP) is 1.90. The van der Waals surface area contributed by atoms with Crippen LogP contribution in [0.2, 0.25) is 0 Å². The molecular formula is C14H12NO2+. The largest absolute Gasteiger partial charge is 0.477 e. The summed E-state index contributed by atoms with van der Waals surface area (Å²) in [5.74, 6) is -0.876. The Labute approximate surface area is 99.0 Å². The second-order valence-electron chi connectivity index (χ2n) is 4.21. The van der Waals surface area contributed by atoms with Crippen LogP contribution in [0.3, 0.4) is 0 Å². The number of carbonyl (C=O) groups is 1. The Hall–Kier alpha value is -2.16. The molecule has 0 radical (unpaired) electrons. The Bertz CT molecular complexity index is 605. The van der Waals surface area contributed by atoms with Gasteiger partial charge in [-0.25, -0.2) is 4.79 Å². The molecule has 0 unspecified atom stereocenters. The highest BCUT2D eigenvalue weighted by atomic mass is 16.4. The first-order chi connectivity index (χ1) is 8.25. The molecule has 3 nitrogen and oxygen atoms in total. The highest BCUT2D eigenvalue weighted by Gasteiger charge is 2.23. The first-order valence-corrected chi connectivity index (χ1v) is 5.61. The minimum absolute atomic E-state index is 0.341. The maximum atomic E-state index is 10.9. The molecule has 84 valence electrons. The number of rotatable bonds is 1. The summed E-state index contributed by atoms with van der Waals surface area (Å²) in [6.07, 6.45) is 2.67. The van der Waals surface area contributed by atoms with E-state index >= 15 is 0 Å². The summed E-state index contributed by atoms with van der Waals surface area (Å²) in [5.41, 5.74) is 3.97. The molecule has 2 aromatic rings. The van der Waals surface area contributed by atoms with E-state index in [9.17, 15) is 4.79 Å². The monoisotopic (exact) mass is 226 g/mol. The number of fused-ring (bicyclic) bond motifs is 3. The molecule has 0 fully saturated rings. The third-order valence-corrected chi connectivity index (χ3v) is 3.19. The Morgan fingerprint density at radius 1 is 1.18 bits per heavy atom. The summed E-state index contributed by atoms with van der Waals surface area (Å²) in [5, 5.41) is 8.97. The van der Waals surface area contributed by atoms with E-state index in [4.69, 9.17) is 5.11 Å². The van der Waals surface area contributed by atoms with Crippen molar-refractivity contribution < 1.29 is 14.5 Å². The number of hydrogen-bond acceptors (Lipinski definition) is 1. The zero-order valence-electron chi connectivity index (χ0n) is 9.26. The number of carboxylic acids is 1. The van der Waals surface area contributed by atoms with Crippen LogP contribution < -0.4 is 4.57 Å². The van der Waals surface area contributed by atoms with Crippen LogP contribution in [0.4, 0.5) is 0 Å². The summed E-state index contributed by atoms with van der Waals surface area (Å²) in [6, 6.07) is 11.8. The molecule has 1 aromatic heterocycles. The van der Waals surface area contributed by atoms with Crippen LogP contribution in [0, 0.1) is 0 Å². The molecule has 2 heterocycles. The van der Waals surface area contributed by atoms with Gasteiger partial charge in [-0.2, -0.15) is 4.57 Å². The fourth-order valence-electron chi connectivity index (χ4n) is 2.33. The van der Waals surface area contributed by atoms with E-state index in [0.29, 0.717) is 5.56 Å². The number of aryl methyl sites for hydroxylation is 2. The minimum Gasteiger partial charge on any atom is -0.477 e. The van der Waals surface area contributed by atoms with Crippen LogP contribution in [0.25, 0.3) is 11.3 Å². The van der Waals surface area contributed by atoms with Crippen LogP contribution in [-0.4, -0.2) is 11.1 Å². The Morgan fingerprint density at radius 2 is 2.00 bits per heavy atom. The quantitative estimate of drug-likeness (QED) is 0.754. The van der Waals surface area contributed by atoms with Crippen molar-refractivity contribution in [1.29, 1.82) is 0 Å². The zero-order valence-corrected chi connectivity index (χ0v) is 9.26. The lowest BCUT2D eigenvalue weighted by Crippen LogP contribution is -2.40. The van der Waals surface area contributed by atoms with Gasteiger partial charge < -0.3 is 5.11 Å². The number of benzene rings is 1. The number of hydrogen-bond donors (Lipinski definition) is 1. The molecule has 1 aromatic carbocycles. The van der Waals surface area contributed by atoms with Gasteiger partial charge in [0, 0.05) is 18.1 Å². The van der Waals surface area contributed by atoms with Crippen molar-refractivity contribution in [3.63, 3.8) is 0 Å².